The number of benzene rings is 8. The number of rotatable bonds is 3. The quantitative estimate of drug-likeness (QED) is 0.182. The average molecular weight is 681 g/mol. The zero-order chi connectivity index (χ0) is 33.9. The summed E-state index contributed by atoms with van der Waals surface area (Å²) in [6.07, 6.45) is 0. The molecule has 0 unspecified atom stereocenters. The number of thiophene rings is 1. The molecule has 0 atom stereocenters. The molecule has 0 saturated heterocycles. The van der Waals surface area contributed by atoms with Crippen molar-refractivity contribution in [1.29, 1.82) is 0 Å². The van der Waals surface area contributed by atoms with Crippen LogP contribution in [0.2, 0.25) is 0 Å². The number of furan rings is 1. The molecule has 0 N–H and O–H groups in total. The average Bonchev–Trinajstić information content (AvgIpc) is 3.94. The molecule has 52 heavy (non-hydrogen) atoms. The van der Waals surface area contributed by atoms with Crippen LogP contribution >= 0.6 is 11.3 Å². The fourth-order valence-electron chi connectivity index (χ4n) is 8.61. The van der Waals surface area contributed by atoms with E-state index < -0.39 is 0 Å². The number of para-hydroxylation sites is 3. The summed E-state index contributed by atoms with van der Waals surface area (Å²) in [5.74, 6) is 0. The smallest absolute Gasteiger partial charge is 0.136 e. The van der Waals surface area contributed by atoms with Crippen LogP contribution in [0.1, 0.15) is 0 Å². The van der Waals surface area contributed by atoms with Crippen molar-refractivity contribution in [3.63, 3.8) is 0 Å². The highest BCUT2D eigenvalue weighted by molar-refractivity contribution is 7.26. The van der Waals surface area contributed by atoms with Crippen molar-refractivity contribution >= 4 is 97.1 Å². The second kappa shape index (κ2) is 10.5. The van der Waals surface area contributed by atoms with Crippen LogP contribution in [0, 0.1) is 0 Å². The minimum atomic E-state index is 0.894. The molecule has 0 saturated carbocycles. The Hall–Kier alpha value is -6.62. The zero-order valence-corrected chi connectivity index (χ0v) is 28.7. The summed E-state index contributed by atoms with van der Waals surface area (Å²) in [7, 11) is 0. The van der Waals surface area contributed by atoms with Crippen molar-refractivity contribution in [3.8, 4) is 22.5 Å². The van der Waals surface area contributed by atoms with Gasteiger partial charge in [0.1, 0.15) is 11.2 Å². The fraction of sp³-hybridized carbons (Fsp3) is 0. The molecule has 0 aliphatic rings. The van der Waals surface area contributed by atoms with Gasteiger partial charge in [-0.05, 0) is 83.9 Å². The van der Waals surface area contributed by atoms with E-state index in [0.29, 0.717) is 0 Å². The van der Waals surface area contributed by atoms with Crippen LogP contribution in [-0.2, 0) is 0 Å². The molecule has 12 aromatic rings. The highest BCUT2D eigenvalue weighted by Crippen LogP contribution is 2.43. The molecule has 3 nitrogen and oxygen atoms in total. The molecule has 4 heteroatoms. The van der Waals surface area contributed by atoms with Crippen LogP contribution in [-0.4, -0.2) is 9.13 Å². The lowest BCUT2D eigenvalue weighted by Crippen LogP contribution is -1.94. The molecule has 0 aliphatic carbocycles. The monoisotopic (exact) mass is 680 g/mol. The lowest BCUT2D eigenvalue weighted by molar-refractivity contribution is 0.669. The SMILES string of the molecule is c1ccc(-n2c3ccccc3c3cc4c(cc32)c2ccccc2n4-c2ccc3oc4cc(-c5cccc6c5sc5ccccc56)ccc4c3c2)cc1. The van der Waals surface area contributed by atoms with Gasteiger partial charge >= 0.3 is 0 Å². The maximum Gasteiger partial charge on any atom is 0.136 e. The standard InChI is InChI=1S/C48H28N2OS/c1-2-11-30(12-3-1)49-41-18-7-4-13-33(41)38-28-44-39(27-43(38)49)34-14-5-8-19-42(34)50(44)31-22-24-45-40(26-31)35-23-21-29(25-46(35)51-45)32-16-10-17-37-36-15-6-9-20-47(36)52-48(32)37/h1-28H. The van der Waals surface area contributed by atoms with E-state index in [1.807, 2.05) is 11.3 Å². The second-order valence-electron chi connectivity index (χ2n) is 13.7. The van der Waals surface area contributed by atoms with E-state index in [1.54, 1.807) is 0 Å². The van der Waals surface area contributed by atoms with Crippen molar-refractivity contribution in [2.24, 2.45) is 0 Å². The lowest BCUT2D eigenvalue weighted by Gasteiger charge is -2.09. The number of fused-ring (bicyclic) bond motifs is 12. The van der Waals surface area contributed by atoms with E-state index in [1.165, 1.54) is 74.9 Å². The van der Waals surface area contributed by atoms with Crippen LogP contribution < -0.4 is 0 Å². The molecule has 12 rings (SSSR count). The largest absolute Gasteiger partial charge is 0.456 e. The predicted molar refractivity (Wildman–Crippen MR) is 221 cm³/mol. The summed E-state index contributed by atoms with van der Waals surface area (Å²) in [5.41, 5.74) is 11.3. The van der Waals surface area contributed by atoms with Crippen molar-refractivity contribution in [2.45, 2.75) is 0 Å². The van der Waals surface area contributed by atoms with Gasteiger partial charge in [-0.1, -0.05) is 97.1 Å². The van der Waals surface area contributed by atoms with Gasteiger partial charge in [-0.25, -0.2) is 0 Å². The van der Waals surface area contributed by atoms with E-state index >= 15 is 0 Å². The maximum absolute atomic E-state index is 6.57. The molecular formula is C48H28N2OS. The third-order valence-electron chi connectivity index (χ3n) is 10.9. The molecule has 8 aromatic carbocycles. The predicted octanol–water partition coefficient (Wildman–Crippen LogP) is 13.8. The van der Waals surface area contributed by atoms with Crippen LogP contribution in [0.5, 0.6) is 0 Å². The van der Waals surface area contributed by atoms with E-state index in [2.05, 4.69) is 179 Å². The summed E-state index contributed by atoms with van der Waals surface area (Å²) in [6, 6.07) is 61.7. The number of aromatic nitrogens is 2. The van der Waals surface area contributed by atoms with Crippen LogP contribution in [0.15, 0.2) is 174 Å². The molecule has 0 aliphatic heterocycles. The Labute approximate surface area is 301 Å². The van der Waals surface area contributed by atoms with Gasteiger partial charge in [0.15, 0.2) is 0 Å². The van der Waals surface area contributed by atoms with Crippen molar-refractivity contribution in [1.82, 2.24) is 9.13 Å². The Bertz CT molecular complexity index is 3410. The number of hydrogen-bond acceptors (Lipinski definition) is 2. The summed E-state index contributed by atoms with van der Waals surface area (Å²) in [4.78, 5) is 0. The molecule has 0 radical (unpaired) electrons. The van der Waals surface area contributed by atoms with Gasteiger partial charge in [0.2, 0.25) is 0 Å². The highest BCUT2D eigenvalue weighted by Gasteiger charge is 2.19. The molecule has 0 amide bonds. The Kier molecular flexibility index (Phi) is 5.65. The van der Waals surface area contributed by atoms with Gasteiger partial charge in [-0.15, -0.1) is 11.3 Å². The molecule has 4 heterocycles. The summed E-state index contributed by atoms with van der Waals surface area (Å²) in [6.45, 7) is 0. The number of nitrogens with zero attached hydrogens (tertiary/aromatic N) is 2. The summed E-state index contributed by atoms with van der Waals surface area (Å²) < 4.78 is 14.0. The van der Waals surface area contributed by atoms with Crippen LogP contribution in [0.4, 0.5) is 0 Å². The van der Waals surface area contributed by atoms with Crippen molar-refractivity contribution in [2.75, 3.05) is 0 Å². The second-order valence-corrected chi connectivity index (χ2v) is 14.8. The summed E-state index contributed by atoms with van der Waals surface area (Å²) in [5, 5.41) is 9.83. The molecule has 242 valence electrons. The first-order valence-electron chi connectivity index (χ1n) is 17.7. The topological polar surface area (TPSA) is 23.0 Å². The first-order valence-corrected chi connectivity index (χ1v) is 18.5. The zero-order valence-electron chi connectivity index (χ0n) is 27.9. The van der Waals surface area contributed by atoms with Crippen molar-refractivity contribution < 1.29 is 4.42 Å². The van der Waals surface area contributed by atoms with Gasteiger partial charge in [-0.3, -0.25) is 0 Å². The minimum Gasteiger partial charge on any atom is -0.456 e. The molecule has 0 spiro atoms. The molecule has 4 aromatic heterocycles. The normalized spacial score (nSPS) is 12.2. The molecule has 0 bridgehead atoms. The Balaban J connectivity index is 1.07. The minimum absolute atomic E-state index is 0.894. The van der Waals surface area contributed by atoms with Crippen molar-refractivity contribution in [3.05, 3.63) is 170 Å². The first-order chi connectivity index (χ1) is 25.8. The third kappa shape index (κ3) is 3.84. The van der Waals surface area contributed by atoms with E-state index in [0.717, 1.165) is 33.3 Å². The number of hydrogen-bond donors (Lipinski definition) is 0. The third-order valence-corrected chi connectivity index (χ3v) is 12.1. The molecule has 0 fully saturated rings. The van der Waals surface area contributed by atoms with Gasteiger partial charge in [0.05, 0.1) is 22.1 Å². The van der Waals surface area contributed by atoms with Crippen LogP contribution in [0.3, 0.4) is 0 Å². The Morgan fingerprint density at radius 1 is 0.365 bits per heavy atom. The van der Waals surface area contributed by atoms with Gasteiger partial charge < -0.3 is 13.6 Å². The lowest BCUT2D eigenvalue weighted by atomic mass is 10.0. The van der Waals surface area contributed by atoms with Gasteiger partial charge in [0.25, 0.3) is 0 Å². The van der Waals surface area contributed by atoms with E-state index in [-0.39, 0.29) is 0 Å². The molecular weight excluding hydrogens is 653 g/mol. The summed E-state index contributed by atoms with van der Waals surface area (Å²) >= 11 is 1.86. The fourth-order valence-corrected chi connectivity index (χ4v) is 9.85. The van der Waals surface area contributed by atoms with E-state index in [4.69, 9.17) is 4.42 Å². The van der Waals surface area contributed by atoms with Gasteiger partial charge in [0, 0.05) is 63.9 Å². The highest BCUT2D eigenvalue weighted by atomic mass is 32.1. The maximum atomic E-state index is 6.57. The van der Waals surface area contributed by atoms with Crippen LogP contribution in [0.25, 0.3) is 108 Å². The van der Waals surface area contributed by atoms with E-state index in [9.17, 15) is 0 Å². The van der Waals surface area contributed by atoms with Gasteiger partial charge in [-0.2, -0.15) is 0 Å². The first kappa shape index (κ1) is 28.1. The Morgan fingerprint density at radius 3 is 1.79 bits per heavy atom. The Morgan fingerprint density at radius 2 is 1.02 bits per heavy atom.